The van der Waals surface area contributed by atoms with Crippen LogP contribution < -0.4 is 0 Å². The van der Waals surface area contributed by atoms with E-state index >= 15 is 0 Å². The molecule has 0 saturated heterocycles. The minimum Gasteiger partial charge on any atom is -0.228 e. The average Bonchev–Trinajstić information content (AvgIpc) is 2.01. The Hall–Kier alpha value is 0.430. The molecule has 0 aromatic heterocycles. The van der Waals surface area contributed by atoms with Gasteiger partial charge in [0.05, 0.1) is 10.5 Å². The molecule has 0 saturated carbocycles. The van der Waals surface area contributed by atoms with Crippen molar-refractivity contribution < 1.29 is 8.42 Å². The fraction of sp³-hybridized carbons (Fsp3) is 1.00. The Bertz CT molecular complexity index is 265. The molecule has 0 amide bonds. The smallest absolute Gasteiger partial charge is 0.155 e. The molecule has 1 atom stereocenters. The molecule has 4 heteroatoms. The van der Waals surface area contributed by atoms with Crippen molar-refractivity contribution in [1.29, 1.82) is 0 Å². The van der Waals surface area contributed by atoms with Crippen molar-refractivity contribution in [3.63, 3.8) is 0 Å². The highest BCUT2D eigenvalue weighted by Gasteiger charge is 2.28. The van der Waals surface area contributed by atoms with Gasteiger partial charge in [0.25, 0.3) is 0 Å². The zero-order valence-corrected chi connectivity index (χ0v) is 12.6. The SMILES string of the molecule is CCCC(Br)CCCS(=O)(=O)C(C)(C)C. The predicted molar refractivity (Wildman–Crippen MR) is 70.4 cm³/mol. The molecule has 0 radical (unpaired) electrons. The van der Waals surface area contributed by atoms with Crippen molar-refractivity contribution in [3.8, 4) is 0 Å². The molecule has 15 heavy (non-hydrogen) atoms. The lowest BCUT2D eigenvalue weighted by molar-refractivity contribution is 0.554. The lowest BCUT2D eigenvalue weighted by Gasteiger charge is -2.19. The minimum atomic E-state index is -2.93. The molecule has 0 aromatic carbocycles. The second-order valence-corrected chi connectivity index (χ2v) is 9.12. The third-order valence-electron chi connectivity index (χ3n) is 2.47. The average molecular weight is 299 g/mol. The van der Waals surface area contributed by atoms with Crippen molar-refractivity contribution in [3.05, 3.63) is 0 Å². The van der Waals surface area contributed by atoms with E-state index in [1.165, 1.54) is 0 Å². The fourth-order valence-corrected chi connectivity index (χ4v) is 3.20. The first kappa shape index (κ1) is 15.4. The zero-order valence-electron chi connectivity index (χ0n) is 10.2. The van der Waals surface area contributed by atoms with Crippen LogP contribution in [0.4, 0.5) is 0 Å². The number of hydrogen-bond acceptors (Lipinski definition) is 2. The molecule has 0 fully saturated rings. The van der Waals surface area contributed by atoms with Gasteiger partial charge < -0.3 is 0 Å². The Morgan fingerprint density at radius 2 is 1.73 bits per heavy atom. The summed E-state index contributed by atoms with van der Waals surface area (Å²) in [5, 5.41) is 0. The molecular weight excluding hydrogens is 276 g/mol. The first-order valence-electron chi connectivity index (χ1n) is 5.57. The summed E-state index contributed by atoms with van der Waals surface area (Å²) in [6.45, 7) is 7.43. The molecule has 0 bridgehead atoms. The summed E-state index contributed by atoms with van der Waals surface area (Å²) in [6.07, 6.45) is 3.97. The van der Waals surface area contributed by atoms with E-state index in [4.69, 9.17) is 0 Å². The first-order chi connectivity index (χ1) is 6.70. The summed E-state index contributed by atoms with van der Waals surface area (Å²) < 4.78 is 22.9. The topological polar surface area (TPSA) is 34.1 Å². The second kappa shape index (κ2) is 6.24. The second-order valence-electron chi connectivity index (χ2n) is 4.96. The van der Waals surface area contributed by atoms with Crippen molar-refractivity contribution in [2.24, 2.45) is 0 Å². The Labute approximate surface area is 103 Å². The van der Waals surface area contributed by atoms with E-state index in [0.717, 1.165) is 25.7 Å². The van der Waals surface area contributed by atoms with E-state index in [1.54, 1.807) is 20.8 Å². The van der Waals surface area contributed by atoms with Gasteiger partial charge in [-0.25, -0.2) is 8.42 Å². The maximum atomic E-state index is 11.8. The van der Waals surface area contributed by atoms with Gasteiger partial charge in [0.1, 0.15) is 0 Å². The molecule has 0 rings (SSSR count). The normalized spacial score (nSPS) is 15.3. The van der Waals surface area contributed by atoms with Gasteiger partial charge in [-0.2, -0.15) is 0 Å². The maximum absolute atomic E-state index is 11.8. The summed E-state index contributed by atoms with van der Waals surface area (Å²) in [6, 6.07) is 0. The molecule has 92 valence electrons. The van der Waals surface area contributed by atoms with Crippen LogP contribution in [0.25, 0.3) is 0 Å². The van der Waals surface area contributed by atoms with Crippen LogP contribution in [0.2, 0.25) is 0 Å². The molecule has 0 aromatic rings. The largest absolute Gasteiger partial charge is 0.228 e. The zero-order chi connectivity index (χ0) is 12.1. The van der Waals surface area contributed by atoms with Gasteiger partial charge in [0.2, 0.25) is 0 Å². The van der Waals surface area contributed by atoms with Gasteiger partial charge in [-0.3, -0.25) is 0 Å². The van der Waals surface area contributed by atoms with Crippen LogP contribution >= 0.6 is 15.9 Å². The minimum absolute atomic E-state index is 0.308. The van der Waals surface area contributed by atoms with Crippen LogP contribution in [0.5, 0.6) is 0 Å². The Kier molecular flexibility index (Phi) is 6.41. The Morgan fingerprint density at radius 1 is 1.20 bits per heavy atom. The standard InChI is InChI=1S/C11H23BrO2S/c1-5-7-10(12)8-6-9-15(13,14)11(2,3)4/h10H,5-9H2,1-4H3. The van der Waals surface area contributed by atoms with Crippen LogP contribution in [0.1, 0.15) is 53.4 Å². The molecule has 0 aliphatic rings. The van der Waals surface area contributed by atoms with Gasteiger partial charge in [0, 0.05) is 4.83 Å². The number of hydrogen-bond donors (Lipinski definition) is 0. The van der Waals surface area contributed by atoms with Crippen molar-refractivity contribution in [1.82, 2.24) is 0 Å². The van der Waals surface area contributed by atoms with Crippen LogP contribution in [-0.4, -0.2) is 23.7 Å². The lowest BCUT2D eigenvalue weighted by Crippen LogP contribution is -2.30. The van der Waals surface area contributed by atoms with E-state index < -0.39 is 14.6 Å². The number of alkyl halides is 1. The fourth-order valence-electron chi connectivity index (χ4n) is 1.26. The molecule has 0 spiro atoms. The van der Waals surface area contributed by atoms with Crippen molar-refractivity contribution >= 4 is 25.8 Å². The van der Waals surface area contributed by atoms with Crippen molar-refractivity contribution in [2.75, 3.05) is 5.75 Å². The van der Waals surface area contributed by atoms with Gasteiger partial charge in [0.15, 0.2) is 9.84 Å². The lowest BCUT2D eigenvalue weighted by atomic mass is 10.2. The van der Waals surface area contributed by atoms with E-state index in [9.17, 15) is 8.42 Å². The third-order valence-corrected chi connectivity index (χ3v) is 6.07. The predicted octanol–water partition coefficient (Wildman–Crippen LogP) is 3.54. The maximum Gasteiger partial charge on any atom is 0.155 e. The summed E-state index contributed by atoms with van der Waals surface area (Å²) >= 11 is 3.56. The van der Waals surface area contributed by atoms with Crippen LogP contribution in [0.3, 0.4) is 0 Å². The van der Waals surface area contributed by atoms with Gasteiger partial charge in [-0.05, 0) is 40.0 Å². The monoisotopic (exact) mass is 298 g/mol. The summed E-state index contributed by atoms with van der Waals surface area (Å²) in [7, 11) is -2.93. The summed E-state index contributed by atoms with van der Waals surface area (Å²) in [4.78, 5) is 0.470. The van der Waals surface area contributed by atoms with E-state index in [1.807, 2.05) is 0 Å². The molecule has 0 aliphatic heterocycles. The molecule has 1 unspecified atom stereocenters. The van der Waals surface area contributed by atoms with Crippen LogP contribution in [0.15, 0.2) is 0 Å². The van der Waals surface area contributed by atoms with Crippen LogP contribution in [-0.2, 0) is 9.84 Å². The number of rotatable bonds is 6. The quantitative estimate of drug-likeness (QED) is 0.703. The highest BCUT2D eigenvalue weighted by Crippen LogP contribution is 2.20. The van der Waals surface area contributed by atoms with Gasteiger partial charge in [-0.15, -0.1) is 0 Å². The highest BCUT2D eigenvalue weighted by atomic mass is 79.9. The molecule has 2 nitrogen and oxygen atoms in total. The first-order valence-corrected chi connectivity index (χ1v) is 8.14. The number of sulfone groups is 1. The molecule has 0 N–H and O–H groups in total. The Morgan fingerprint density at radius 3 is 2.13 bits per heavy atom. The van der Waals surface area contributed by atoms with Gasteiger partial charge >= 0.3 is 0 Å². The van der Waals surface area contributed by atoms with Gasteiger partial charge in [-0.1, -0.05) is 29.3 Å². The van der Waals surface area contributed by atoms with E-state index in [-0.39, 0.29) is 0 Å². The van der Waals surface area contributed by atoms with E-state index in [0.29, 0.717) is 10.6 Å². The summed E-state index contributed by atoms with van der Waals surface area (Å²) in [5.74, 6) is 0.308. The number of halogens is 1. The highest BCUT2D eigenvalue weighted by molar-refractivity contribution is 9.09. The van der Waals surface area contributed by atoms with Crippen LogP contribution in [0, 0.1) is 0 Å². The van der Waals surface area contributed by atoms with Crippen molar-refractivity contribution in [2.45, 2.75) is 63.0 Å². The Balaban J connectivity index is 3.97. The summed E-state index contributed by atoms with van der Waals surface area (Å²) in [5.41, 5.74) is 0. The third kappa shape index (κ3) is 5.91. The molecular formula is C11H23BrO2S. The molecule has 0 heterocycles. The van der Waals surface area contributed by atoms with E-state index in [2.05, 4.69) is 22.9 Å². The molecule has 0 aliphatic carbocycles.